The molecule has 0 saturated carbocycles. The van der Waals surface area contributed by atoms with Crippen molar-refractivity contribution in [2.75, 3.05) is 20.3 Å². The van der Waals surface area contributed by atoms with Crippen molar-refractivity contribution in [1.82, 2.24) is 0 Å². The molecule has 0 aliphatic rings. The molecule has 0 aliphatic heterocycles. The maximum Gasteiger partial charge on any atom is 0.105 e. The molecular formula is C25H30BrNO. The predicted octanol–water partition coefficient (Wildman–Crippen LogP) is 2.44. The van der Waals surface area contributed by atoms with Crippen LogP contribution in [0.2, 0.25) is 0 Å². The summed E-state index contributed by atoms with van der Waals surface area (Å²) < 4.78 is 6.38. The van der Waals surface area contributed by atoms with Gasteiger partial charge in [0.2, 0.25) is 0 Å². The van der Waals surface area contributed by atoms with E-state index in [-0.39, 0.29) is 17.0 Å². The topological polar surface area (TPSA) is 9.23 Å². The van der Waals surface area contributed by atoms with Crippen LogP contribution in [0.15, 0.2) is 91.0 Å². The van der Waals surface area contributed by atoms with Crippen LogP contribution in [0.1, 0.15) is 23.1 Å². The second kappa shape index (κ2) is 11.8. The fourth-order valence-corrected chi connectivity index (χ4v) is 3.86. The molecule has 28 heavy (non-hydrogen) atoms. The monoisotopic (exact) mass is 439 g/mol. The van der Waals surface area contributed by atoms with Crippen LogP contribution >= 0.6 is 0 Å². The van der Waals surface area contributed by atoms with E-state index in [1.807, 2.05) is 0 Å². The lowest BCUT2D eigenvalue weighted by Gasteiger charge is -2.39. The lowest BCUT2D eigenvalue weighted by molar-refractivity contribution is -0.966. The van der Waals surface area contributed by atoms with E-state index in [9.17, 15) is 0 Å². The minimum Gasteiger partial charge on any atom is -1.00 e. The van der Waals surface area contributed by atoms with Crippen LogP contribution in [0.3, 0.4) is 0 Å². The van der Waals surface area contributed by atoms with Crippen LogP contribution in [-0.2, 0) is 24.4 Å². The van der Waals surface area contributed by atoms with Gasteiger partial charge in [0.25, 0.3) is 0 Å². The molecule has 2 nitrogen and oxygen atoms in total. The molecule has 3 rings (SSSR count). The van der Waals surface area contributed by atoms with Gasteiger partial charge in [-0.25, -0.2) is 0 Å². The summed E-state index contributed by atoms with van der Waals surface area (Å²) in [4.78, 5) is 0. The third kappa shape index (κ3) is 6.90. The van der Waals surface area contributed by atoms with Crippen molar-refractivity contribution >= 4 is 0 Å². The second-order valence-corrected chi connectivity index (χ2v) is 7.34. The Labute approximate surface area is 180 Å². The Bertz CT molecular complexity index is 676. The third-order valence-electron chi connectivity index (χ3n) is 5.06. The predicted molar refractivity (Wildman–Crippen MR) is 112 cm³/mol. The van der Waals surface area contributed by atoms with Gasteiger partial charge in [-0.15, -0.1) is 0 Å². The number of hydrogen-bond donors (Lipinski definition) is 0. The normalized spacial score (nSPS) is 11.0. The molecule has 0 unspecified atom stereocenters. The van der Waals surface area contributed by atoms with Crippen molar-refractivity contribution in [1.29, 1.82) is 0 Å². The van der Waals surface area contributed by atoms with Crippen LogP contribution in [0, 0.1) is 0 Å². The Balaban J connectivity index is 0.00000280. The van der Waals surface area contributed by atoms with Crippen LogP contribution in [0.5, 0.6) is 0 Å². The van der Waals surface area contributed by atoms with Crippen LogP contribution in [0.4, 0.5) is 0 Å². The fraction of sp³-hybridized carbons (Fsp3) is 0.280. The van der Waals surface area contributed by atoms with Crippen molar-refractivity contribution in [3.05, 3.63) is 108 Å². The van der Waals surface area contributed by atoms with E-state index < -0.39 is 0 Å². The Hall–Kier alpha value is -1.94. The zero-order valence-electron chi connectivity index (χ0n) is 16.6. The SMILES string of the molecule is COCCC[N+](Cc1ccccc1)(Cc1ccccc1)Cc1ccccc1.[Br-]. The van der Waals surface area contributed by atoms with Crippen molar-refractivity contribution in [2.45, 2.75) is 26.1 Å². The first kappa shape index (κ1) is 22.4. The lowest BCUT2D eigenvalue weighted by atomic mass is 10.1. The Morgan fingerprint density at radius 2 is 0.964 bits per heavy atom. The number of ether oxygens (including phenoxy) is 1. The van der Waals surface area contributed by atoms with E-state index in [2.05, 4.69) is 91.0 Å². The van der Waals surface area contributed by atoms with Gasteiger partial charge in [0.1, 0.15) is 19.6 Å². The molecule has 148 valence electrons. The van der Waals surface area contributed by atoms with Gasteiger partial charge in [-0.05, 0) is 0 Å². The number of quaternary nitrogens is 1. The summed E-state index contributed by atoms with van der Waals surface area (Å²) in [5.41, 5.74) is 4.17. The average molecular weight is 440 g/mol. The molecule has 3 aromatic rings. The molecule has 0 spiro atoms. The molecule has 0 aromatic heterocycles. The van der Waals surface area contributed by atoms with Gasteiger partial charge in [0.05, 0.1) is 13.2 Å². The van der Waals surface area contributed by atoms with Gasteiger partial charge in [-0.1, -0.05) is 91.0 Å². The first-order chi connectivity index (χ1) is 13.3. The molecule has 3 aromatic carbocycles. The Morgan fingerprint density at radius 3 is 1.29 bits per heavy atom. The quantitative estimate of drug-likeness (QED) is 0.348. The molecule has 0 amide bonds. The average Bonchev–Trinajstić information content (AvgIpc) is 2.70. The maximum absolute atomic E-state index is 5.38. The smallest absolute Gasteiger partial charge is 0.105 e. The Morgan fingerprint density at radius 1 is 0.607 bits per heavy atom. The summed E-state index contributed by atoms with van der Waals surface area (Å²) in [7, 11) is 1.79. The number of nitrogens with zero attached hydrogens (tertiary/aromatic N) is 1. The summed E-state index contributed by atoms with van der Waals surface area (Å²) in [5, 5.41) is 0. The summed E-state index contributed by atoms with van der Waals surface area (Å²) >= 11 is 0. The summed E-state index contributed by atoms with van der Waals surface area (Å²) in [6.07, 6.45) is 1.06. The first-order valence-electron chi connectivity index (χ1n) is 9.75. The summed E-state index contributed by atoms with van der Waals surface area (Å²) in [6, 6.07) is 32.6. The number of benzene rings is 3. The van der Waals surface area contributed by atoms with E-state index in [0.717, 1.165) is 43.7 Å². The van der Waals surface area contributed by atoms with Crippen molar-refractivity contribution in [3.63, 3.8) is 0 Å². The molecule has 3 heteroatoms. The van der Waals surface area contributed by atoms with Gasteiger partial charge >= 0.3 is 0 Å². The Kier molecular flexibility index (Phi) is 9.42. The number of rotatable bonds is 10. The second-order valence-electron chi connectivity index (χ2n) is 7.34. The van der Waals surface area contributed by atoms with Crippen molar-refractivity contribution in [2.24, 2.45) is 0 Å². The van der Waals surface area contributed by atoms with Gasteiger partial charge < -0.3 is 26.2 Å². The van der Waals surface area contributed by atoms with E-state index in [1.165, 1.54) is 16.7 Å². The van der Waals surface area contributed by atoms with Crippen LogP contribution in [0.25, 0.3) is 0 Å². The van der Waals surface area contributed by atoms with Crippen molar-refractivity contribution < 1.29 is 26.2 Å². The van der Waals surface area contributed by atoms with E-state index in [1.54, 1.807) is 7.11 Å². The summed E-state index contributed by atoms with van der Waals surface area (Å²) in [5.74, 6) is 0. The van der Waals surface area contributed by atoms with Gasteiger partial charge in [0, 0.05) is 30.2 Å². The highest BCUT2D eigenvalue weighted by Crippen LogP contribution is 2.25. The largest absolute Gasteiger partial charge is 1.00 e. The third-order valence-corrected chi connectivity index (χ3v) is 5.06. The number of halogens is 1. The molecule has 0 N–H and O–H groups in total. The van der Waals surface area contributed by atoms with E-state index >= 15 is 0 Å². The lowest BCUT2D eigenvalue weighted by Crippen LogP contribution is -3.00. The zero-order valence-corrected chi connectivity index (χ0v) is 18.2. The van der Waals surface area contributed by atoms with Gasteiger partial charge in [0.15, 0.2) is 0 Å². The standard InChI is InChI=1S/C25H30NO.BrH/c1-27-19-11-18-26(20-23-12-5-2-6-13-23,21-24-14-7-3-8-15-24)22-25-16-9-4-10-17-25;/h2-10,12-17H,11,18-22H2,1H3;1H/q+1;/p-1. The van der Waals surface area contributed by atoms with E-state index in [0.29, 0.717) is 0 Å². The van der Waals surface area contributed by atoms with Gasteiger partial charge in [-0.3, -0.25) is 0 Å². The maximum atomic E-state index is 5.38. The molecule has 0 fully saturated rings. The highest BCUT2D eigenvalue weighted by atomic mass is 79.9. The molecule has 0 heterocycles. The highest BCUT2D eigenvalue weighted by Gasteiger charge is 2.28. The highest BCUT2D eigenvalue weighted by molar-refractivity contribution is 5.17. The first-order valence-corrected chi connectivity index (χ1v) is 9.75. The zero-order chi connectivity index (χ0) is 18.8. The number of methoxy groups -OCH3 is 1. The van der Waals surface area contributed by atoms with Crippen LogP contribution in [-0.4, -0.2) is 24.7 Å². The molecule has 0 aliphatic carbocycles. The van der Waals surface area contributed by atoms with Gasteiger partial charge in [-0.2, -0.15) is 0 Å². The minimum atomic E-state index is 0. The van der Waals surface area contributed by atoms with Crippen molar-refractivity contribution in [3.8, 4) is 0 Å². The molecule has 0 bridgehead atoms. The summed E-state index contributed by atoms with van der Waals surface area (Å²) in [6.45, 7) is 4.96. The molecule has 0 radical (unpaired) electrons. The van der Waals surface area contributed by atoms with E-state index in [4.69, 9.17) is 4.74 Å². The molecule has 0 saturated heterocycles. The minimum absolute atomic E-state index is 0. The fourth-order valence-electron chi connectivity index (χ4n) is 3.86. The molecular weight excluding hydrogens is 410 g/mol. The van der Waals surface area contributed by atoms with Crippen LogP contribution < -0.4 is 17.0 Å². The molecule has 0 atom stereocenters. The number of hydrogen-bond acceptors (Lipinski definition) is 1.